The molecule has 2 heterocycles. The molecule has 5 nitrogen and oxygen atoms in total. The predicted molar refractivity (Wildman–Crippen MR) is 65.3 cm³/mol. The molecule has 90 valence electrons. The summed E-state index contributed by atoms with van der Waals surface area (Å²) >= 11 is 3.40. The molecule has 0 radical (unpaired) electrons. The Balaban J connectivity index is 2.27. The van der Waals surface area contributed by atoms with Crippen molar-refractivity contribution in [3.63, 3.8) is 0 Å². The number of alkyl halides is 1. The maximum absolute atomic E-state index is 11.7. The van der Waals surface area contributed by atoms with E-state index in [0.29, 0.717) is 24.2 Å². The molecule has 17 heavy (non-hydrogen) atoms. The van der Waals surface area contributed by atoms with Crippen LogP contribution in [0.15, 0.2) is 18.5 Å². The van der Waals surface area contributed by atoms with Crippen molar-refractivity contribution in [3.05, 3.63) is 24.0 Å². The fraction of sp³-hybridized carbons (Fsp3) is 0.364. The zero-order chi connectivity index (χ0) is 12.4. The number of nitrogens with zero attached hydrogens (tertiary/aromatic N) is 2. The summed E-state index contributed by atoms with van der Waals surface area (Å²) in [5.41, 5.74) is 0.968. The molecule has 1 atom stereocenters. The molecule has 2 rings (SSSR count). The Morgan fingerprint density at radius 3 is 2.94 bits per heavy atom. The average Bonchev–Trinajstić information content (AvgIpc) is 2.67. The number of hydrogen-bond acceptors (Lipinski definition) is 4. The van der Waals surface area contributed by atoms with Crippen LogP contribution in [0, 0.1) is 0 Å². The van der Waals surface area contributed by atoms with E-state index in [1.807, 2.05) is 0 Å². The number of carbonyl (C=O) groups is 2. The molecule has 0 N–H and O–H groups in total. The van der Waals surface area contributed by atoms with Crippen LogP contribution in [-0.4, -0.2) is 35.3 Å². The monoisotopic (exact) mass is 298 g/mol. The van der Waals surface area contributed by atoms with Gasteiger partial charge in [0.25, 0.3) is 0 Å². The van der Waals surface area contributed by atoms with Crippen LogP contribution in [0.2, 0.25) is 0 Å². The smallest absolute Gasteiger partial charge is 0.339 e. The molecular formula is C11H11BrN2O3. The lowest BCUT2D eigenvalue weighted by Gasteiger charge is -2.15. The van der Waals surface area contributed by atoms with Gasteiger partial charge in [0.2, 0.25) is 5.91 Å². The minimum Gasteiger partial charge on any atom is -0.465 e. The highest BCUT2D eigenvalue weighted by Gasteiger charge is 2.29. The van der Waals surface area contributed by atoms with Gasteiger partial charge in [0, 0.05) is 24.0 Å². The number of amides is 1. The van der Waals surface area contributed by atoms with Gasteiger partial charge in [0.05, 0.1) is 24.6 Å². The third-order valence-corrected chi connectivity index (χ3v) is 3.15. The second-order valence-corrected chi connectivity index (χ2v) is 5.02. The van der Waals surface area contributed by atoms with Gasteiger partial charge in [-0.2, -0.15) is 0 Å². The van der Waals surface area contributed by atoms with E-state index in [1.54, 1.807) is 17.2 Å². The molecule has 0 aliphatic carbocycles. The summed E-state index contributed by atoms with van der Waals surface area (Å²) in [7, 11) is 1.31. The summed E-state index contributed by atoms with van der Waals surface area (Å²) in [6.45, 7) is 0.588. The number of halogens is 1. The number of esters is 1. The summed E-state index contributed by atoms with van der Waals surface area (Å²) in [4.78, 5) is 28.7. The van der Waals surface area contributed by atoms with Gasteiger partial charge in [-0.3, -0.25) is 9.78 Å². The normalized spacial score (nSPS) is 19.5. The Hall–Kier alpha value is -1.43. The Kier molecular flexibility index (Phi) is 3.42. The summed E-state index contributed by atoms with van der Waals surface area (Å²) in [5, 5.41) is 0. The molecule has 0 saturated carbocycles. The van der Waals surface area contributed by atoms with E-state index in [-0.39, 0.29) is 10.7 Å². The second-order valence-electron chi connectivity index (χ2n) is 3.73. The molecule has 6 heteroatoms. The first-order chi connectivity index (χ1) is 8.11. The average molecular weight is 299 g/mol. The van der Waals surface area contributed by atoms with Gasteiger partial charge in [0.15, 0.2) is 0 Å². The minimum atomic E-state index is -0.457. The molecule has 1 aromatic rings. The zero-order valence-electron chi connectivity index (χ0n) is 9.22. The molecule has 1 aromatic heterocycles. The van der Waals surface area contributed by atoms with Gasteiger partial charge in [-0.25, -0.2) is 4.79 Å². The van der Waals surface area contributed by atoms with E-state index in [2.05, 4.69) is 25.7 Å². The van der Waals surface area contributed by atoms with E-state index in [1.165, 1.54) is 13.3 Å². The van der Waals surface area contributed by atoms with E-state index in [0.717, 1.165) is 0 Å². The maximum atomic E-state index is 11.7. The fourth-order valence-electron chi connectivity index (χ4n) is 1.72. The fourth-order valence-corrected chi connectivity index (χ4v) is 2.28. The SMILES string of the molecule is COC(=O)c1cncc(N2CC(Br)CC2=O)c1. The van der Waals surface area contributed by atoms with E-state index < -0.39 is 5.97 Å². The number of rotatable bonds is 2. The van der Waals surface area contributed by atoms with Crippen LogP contribution in [0.1, 0.15) is 16.8 Å². The first-order valence-electron chi connectivity index (χ1n) is 5.09. The highest BCUT2D eigenvalue weighted by atomic mass is 79.9. The number of pyridine rings is 1. The molecule has 1 amide bonds. The molecule has 1 aliphatic rings. The van der Waals surface area contributed by atoms with Crippen molar-refractivity contribution in [3.8, 4) is 0 Å². The largest absolute Gasteiger partial charge is 0.465 e. The Bertz CT molecular complexity index is 464. The molecular weight excluding hydrogens is 288 g/mol. The lowest BCUT2D eigenvalue weighted by molar-refractivity contribution is -0.117. The number of carbonyl (C=O) groups excluding carboxylic acids is 2. The van der Waals surface area contributed by atoms with Gasteiger partial charge >= 0.3 is 5.97 Å². The lowest BCUT2D eigenvalue weighted by atomic mass is 10.2. The first kappa shape index (κ1) is 12.0. The van der Waals surface area contributed by atoms with Gasteiger partial charge in [-0.05, 0) is 6.07 Å². The zero-order valence-corrected chi connectivity index (χ0v) is 10.8. The Labute approximate surface area is 107 Å². The highest BCUT2D eigenvalue weighted by Crippen LogP contribution is 2.25. The van der Waals surface area contributed by atoms with Crippen LogP contribution in [-0.2, 0) is 9.53 Å². The van der Waals surface area contributed by atoms with Crippen molar-refractivity contribution in [2.75, 3.05) is 18.6 Å². The maximum Gasteiger partial charge on any atom is 0.339 e. The third kappa shape index (κ3) is 2.46. The van der Waals surface area contributed by atoms with E-state index in [9.17, 15) is 9.59 Å². The van der Waals surface area contributed by atoms with Crippen molar-refractivity contribution in [1.29, 1.82) is 0 Å². The number of aromatic nitrogens is 1. The van der Waals surface area contributed by atoms with Crippen molar-refractivity contribution < 1.29 is 14.3 Å². The van der Waals surface area contributed by atoms with Crippen LogP contribution >= 0.6 is 15.9 Å². The van der Waals surface area contributed by atoms with E-state index >= 15 is 0 Å². The number of ether oxygens (including phenoxy) is 1. The van der Waals surface area contributed by atoms with Crippen LogP contribution in [0.5, 0.6) is 0 Å². The predicted octanol–water partition coefficient (Wildman–Crippen LogP) is 1.37. The summed E-state index contributed by atoms with van der Waals surface area (Å²) < 4.78 is 4.61. The van der Waals surface area contributed by atoms with Crippen LogP contribution in [0.25, 0.3) is 0 Å². The molecule has 1 unspecified atom stereocenters. The van der Waals surface area contributed by atoms with Gasteiger partial charge < -0.3 is 9.64 Å². The van der Waals surface area contributed by atoms with Crippen molar-refractivity contribution in [1.82, 2.24) is 4.98 Å². The first-order valence-corrected chi connectivity index (χ1v) is 6.01. The van der Waals surface area contributed by atoms with Crippen molar-refractivity contribution in [2.45, 2.75) is 11.2 Å². The van der Waals surface area contributed by atoms with Crippen LogP contribution in [0.4, 0.5) is 5.69 Å². The molecule has 1 saturated heterocycles. The highest BCUT2D eigenvalue weighted by molar-refractivity contribution is 9.09. The Morgan fingerprint density at radius 2 is 2.35 bits per heavy atom. The molecule has 0 bridgehead atoms. The van der Waals surface area contributed by atoms with Gasteiger partial charge in [-0.1, -0.05) is 15.9 Å². The second kappa shape index (κ2) is 4.83. The quantitative estimate of drug-likeness (QED) is 0.611. The summed E-state index contributed by atoms with van der Waals surface area (Å²) in [5.74, 6) is -0.433. The molecule has 0 spiro atoms. The lowest BCUT2D eigenvalue weighted by Crippen LogP contribution is -2.25. The number of hydrogen-bond donors (Lipinski definition) is 0. The van der Waals surface area contributed by atoms with E-state index in [4.69, 9.17) is 0 Å². The summed E-state index contributed by atoms with van der Waals surface area (Å²) in [6, 6.07) is 1.61. The van der Waals surface area contributed by atoms with Crippen molar-refractivity contribution >= 4 is 33.5 Å². The van der Waals surface area contributed by atoms with Gasteiger partial charge in [0.1, 0.15) is 0 Å². The molecule has 1 fully saturated rings. The molecule has 1 aliphatic heterocycles. The summed E-state index contributed by atoms with van der Waals surface area (Å²) in [6.07, 6.45) is 3.44. The minimum absolute atomic E-state index is 0.0238. The standard InChI is InChI=1S/C11H11BrN2O3/c1-17-11(16)7-2-9(5-13-4-7)14-6-8(12)3-10(14)15/h2,4-5,8H,3,6H2,1H3. The number of anilines is 1. The van der Waals surface area contributed by atoms with Crippen LogP contribution in [0.3, 0.4) is 0 Å². The van der Waals surface area contributed by atoms with Gasteiger partial charge in [-0.15, -0.1) is 0 Å². The third-order valence-electron chi connectivity index (χ3n) is 2.53. The number of methoxy groups -OCH3 is 1. The topological polar surface area (TPSA) is 59.5 Å². The Morgan fingerprint density at radius 1 is 1.59 bits per heavy atom. The van der Waals surface area contributed by atoms with Crippen LogP contribution < -0.4 is 4.90 Å². The molecule has 0 aromatic carbocycles. The van der Waals surface area contributed by atoms with Crippen molar-refractivity contribution in [2.24, 2.45) is 0 Å².